The number of hydrogen-bond acceptors (Lipinski definition) is 3. The summed E-state index contributed by atoms with van der Waals surface area (Å²) in [5, 5.41) is 3.85. The van der Waals surface area contributed by atoms with Gasteiger partial charge in [-0.3, -0.25) is 9.59 Å². The first-order chi connectivity index (χ1) is 12.8. The number of halogens is 3. The molecule has 0 aromatic heterocycles. The van der Waals surface area contributed by atoms with Gasteiger partial charge in [0.05, 0.1) is 10.0 Å². The highest BCUT2D eigenvalue weighted by Gasteiger charge is 2.26. The van der Waals surface area contributed by atoms with Crippen LogP contribution < -0.4 is 10.1 Å². The van der Waals surface area contributed by atoms with E-state index in [-0.39, 0.29) is 25.0 Å². The van der Waals surface area contributed by atoms with E-state index >= 15 is 0 Å². The minimum Gasteiger partial charge on any atom is -0.484 e. The third-order valence-corrected chi connectivity index (χ3v) is 4.88. The molecule has 1 atom stereocenters. The van der Waals surface area contributed by atoms with Crippen LogP contribution in [0.15, 0.2) is 42.5 Å². The van der Waals surface area contributed by atoms with Crippen LogP contribution >= 0.6 is 34.8 Å². The molecule has 1 N–H and O–H groups in total. The normalized spacial score (nSPS) is 11.6. The number of hydrogen-bond donors (Lipinski definition) is 1. The zero-order valence-corrected chi connectivity index (χ0v) is 17.1. The fourth-order valence-electron chi connectivity index (χ4n) is 2.41. The summed E-state index contributed by atoms with van der Waals surface area (Å²) in [6.45, 7) is 1.60. The maximum absolute atomic E-state index is 12.7. The number of rotatable bonds is 7. The van der Waals surface area contributed by atoms with Gasteiger partial charge >= 0.3 is 0 Å². The molecule has 0 saturated carbocycles. The summed E-state index contributed by atoms with van der Waals surface area (Å²) in [5.41, 5.74) is 0.747. The minimum atomic E-state index is -0.695. The molecule has 144 valence electrons. The molecule has 0 radical (unpaired) electrons. The zero-order chi connectivity index (χ0) is 20.0. The highest BCUT2D eigenvalue weighted by atomic mass is 35.5. The van der Waals surface area contributed by atoms with E-state index in [0.717, 1.165) is 5.56 Å². The quantitative estimate of drug-likeness (QED) is 0.718. The van der Waals surface area contributed by atoms with Crippen molar-refractivity contribution in [1.82, 2.24) is 10.2 Å². The molecular weight excluding hydrogens is 411 g/mol. The predicted octanol–water partition coefficient (Wildman–Crippen LogP) is 4.19. The Morgan fingerprint density at radius 1 is 1.11 bits per heavy atom. The summed E-state index contributed by atoms with van der Waals surface area (Å²) in [6, 6.07) is 11.1. The summed E-state index contributed by atoms with van der Waals surface area (Å²) in [7, 11) is 1.52. The summed E-state index contributed by atoms with van der Waals surface area (Å²) < 4.78 is 5.52. The van der Waals surface area contributed by atoms with E-state index in [9.17, 15) is 9.59 Å². The lowest BCUT2D eigenvalue weighted by Crippen LogP contribution is -2.48. The molecule has 2 rings (SSSR count). The van der Waals surface area contributed by atoms with Crippen LogP contribution in [0.2, 0.25) is 15.1 Å². The number of amides is 2. The van der Waals surface area contributed by atoms with Crippen LogP contribution in [0.25, 0.3) is 0 Å². The molecule has 2 aromatic carbocycles. The van der Waals surface area contributed by atoms with Gasteiger partial charge in [0.25, 0.3) is 5.91 Å². The minimum absolute atomic E-state index is 0.184. The van der Waals surface area contributed by atoms with Gasteiger partial charge in [-0.15, -0.1) is 0 Å². The molecule has 0 aliphatic rings. The van der Waals surface area contributed by atoms with Gasteiger partial charge in [-0.25, -0.2) is 0 Å². The number of nitrogens with zero attached hydrogens (tertiary/aromatic N) is 1. The molecule has 0 aliphatic carbocycles. The number of carbonyl (C=O) groups is 2. The molecule has 2 amide bonds. The van der Waals surface area contributed by atoms with Gasteiger partial charge in [0.15, 0.2) is 6.61 Å². The van der Waals surface area contributed by atoms with Crippen LogP contribution in [0, 0.1) is 0 Å². The molecular formula is C19H19Cl3N2O3. The molecule has 8 heteroatoms. The largest absolute Gasteiger partial charge is 0.484 e. The summed E-state index contributed by atoms with van der Waals surface area (Å²) >= 11 is 17.9. The van der Waals surface area contributed by atoms with Crippen LogP contribution in [0.1, 0.15) is 12.5 Å². The molecule has 27 heavy (non-hydrogen) atoms. The molecule has 0 saturated heterocycles. The topological polar surface area (TPSA) is 58.6 Å². The fraction of sp³-hybridized carbons (Fsp3) is 0.263. The number of ether oxygens (including phenoxy) is 1. The first kappa shape index (κ1) is 21.4. The third kappa shape index (κ3) is 6.03. The Hall–Kier alpha value is -1.95. The van der Waals surface area contributed by atoms with Crippen LogP contribution in [0.4, 0.5) is 0 Å². The van der Waals surface area contributed by atoms with Crippen molar-refractivity contribution in [2.75, 3.05) is 13.7 Å². The van der Waals surface area contributed by atoms with Crippen molar-refractivity contribution < 1.29 is 14.3 Å². The highest BCUT2D eigenvalue weighted by Crippen LogP contribution is 2.24. The van der Waals surface area contributed by atoms with Crippen molar-refractivity contribution in [3.8, 4) is 5.75 Å². The lowest BCUT2D eigenvalue weighted by Gasteiger charge is -2.28. The lowest BCUT2D eigenvalue weighted by molar-refractivity contribution is -0.142. The number of benzene rings is 2. The standard InChI is InChI=1S/C19H19Cl3N2O3/c1-12(19(26)23-2)24(10-13-6-7-16(21)17(22)8-13)18(25)11-27-15-5-3-4-14(20)9-15/h3-9,12H,10-11H2,1-2H3,(H,23,26)/t12-/m0/s1. The second-order valence-electron chi connectivity index (χ2n) is 5.81. The Balaban J connectivity index is 2.16. The second kappa shape index (κ2) is 9.83. The molecule has 2 aromatic rings. The lowest BCUT2D eigenvalue weighted by atomic mass is 10.1. The highest BCUT2D eigenvalue weighted by molar-refractivity contribution is 6.42. The van der Waals surface area contributed by atoms with Gasteiger partial charge in [-0.1, -0.05) is 46.9 Å². The molecule has 5 nitrogen and oxygen atoms in total. The van der Waals surface area contributed by atoms with Crippen LogP contribution in [-0.4, -0.2) is 36.4 Å². The first-order valence-electron chi connectivity index (χ1n) is 8.15. The van der Waals surface area contributed by atoms with Crippen molar-refractivity contribution in [3.63, 3.8) is 0 Å². The van der Waals surface area contributed by atoms with Crippen molar-refractivity contribution >= 4 is 46.6 Å². The van der Waals surface area contributed by atoms with Gasteiger partial charge in [-0.2, -0.15) is 0 Å². The maximum atomic E-state index is 12.7. The van der Waals surface area contributed by atoms with E-state index in [1.54, 1.807) is 49.4 Å². The van der Waals surface area contributed by atoms with Gasteiger partial charge in [0.2, 0.25) is 5.91 Å². The van der Waals surface area contributed by atoms with E-state index < -0.39 is 6.04 Å². The maximum Gasteiger partial charge on any atom is 0.261 e. The van der Waals surface area contributed by atoms with Crippen LogP contribution in [0.3, 0.4) is 0 Å². The first-order valence-corrected chi connectivity index (χ1v) is 9.28. The van der Waals surface area contributed by atoms with Crippen molar-refractivity contribution in [2.24, 2.45) is 0 Å². The van der Waals surface area contributed by atoms with Crippen LogP contribution in [0.5, 0.6) is 5.75 Å². The van der Waals surface area contributed by atoms with E-state index in [0.29, 0.717) is 20.8 Å². The smallest absolute Gasteiger partial charge is 0.261 e. The van der Waals surface area contributed by atoms with E-state index in [4.69, 9.17) is 39.5 Å². The fourth-order valence-corrected chi connectivity index (χ4v) is 2.91. The van der Waals surface area contributed by atoms with Gasteiger partial charge in [-0.05, 0) is 42.8 Å². The Bertz CT molecular complexity index is 830. The van der Waals surface area contributed by atoms with Gasteiger partial charge in [0.1, 0.15) is 11.8 Å². The summed E-state index contributed by atoms with van der Waals surface area (Å²) in [4.78, 5) is 26.2. The summed E-state index contributed by atoms with van der Waals surface area (Å²) in [6.07, 6.45) is 0. The molecule has 0 bridgehead atoms. The Labute approximate surface area is 173 Å². The molecule has 0 heterocycles. The average Bonchev–Trinajstić information content (AvgIpc) is 2.65. The molecule has 0 spiro atoms. The van der Waals surface area contributed by atoms with E-state index in [2.05, 4.69) is 5.32 Å². The Kier molecular flexibility index (Phi) is 7.78. The van der Waals surface area contributed by atoms with Gasteiger partial charge in [0, 0.05) is 18.6 Å². The summed E-state index contributed by atoms with van der Waals surface area (Å²) in [5.74, 6) is -0.166. The number of carbonyl (C=O) groups excluding carboxylic acids is 2. The molecule has 0 unspecified atom stereocenters. The monoisotopic (exact) mass is 428 g/mol. The molecule has 0 aliphatic heterocycles. The number of nitrogens with one attached hydrogen (secondary N) is 1. The van der Waals surface area contributed by atoms with Crippen molar-refractivity contribution in [2.45, 2.75) is 19.5 Å². The second-order valence-corrected chi connectivity index (χ2v) is 7.06. The predicted molar refractivity (Wildman–Crippen MR) is 107 cm³/mol. The third-order valence-electron chi connectivity index (χ3n) is 3.91. The SMILES string of the molecule is CNC(=O)[C@H](C)N(Cc1ccc(Cl)c(Cl)c1)C(=O)COc1cccc(Cl)c1. The van der Waals surface area contributed by atoms with Crippen molar-refractivity contribution in [1.29, 1.82) is 0 Å². The Morgan fingerprint density at radius 2 is 1.85 bits per heavy atom. The number of likely N-dealkylation sites (N-methyl/N-ethyl adjacent to an activating group) is 1. The zero-order valence-electron chi connectivity index (χ0n) is 14.8. The molecule has 0 fully saturated rings. The van der Waals surface area contributed by atoms with Crippen molar-refractivity contribution in [3.05, 3.63) is 63.1 Å². The average molecular weight is 430 g/mol. The van der Waals surface area contributed by atoms with Gasteiger partial charge < -0.3 is 15.0 Å². The van der Waals surface area contributed by atoms with Crippen LogP contribution in [-0.2, 0) is 16.1 Å². The van der Waals surface area contributed by atoms with E-state index in [1.807, 2.05) is 0 Å². The van der Waals surface area contributed by atoms with E-state index in [1.165, 1.54) is 11.9 Å². The Morgan fingerprint density at radius 3 is 2.48 bits per heavy atom.